The predicted molar refractivity (Wildman–Crippen MR) is 96.7 cm³/mol. The third-order valence-electron chi connectivity index (χ3n) is 4.01. The van der Waals surface area contributed by atoms with Gasteiger partial charge in [-0.3, -0.25) is 4.90 Å². The molecule has 2 amide bonds. The molecule has 1 saturated heterocycles. The summed E-state index contributed by atoms with van der Waals surface area (Å²) in [7, 11) is 1.21. The number of anilines is 2. The molecule has 1 atom stereocenters. The van der Waals surface area contributed by atoms with Crippen molar-refractivity contribution in [2.45, 2.75) is 32.3 Å². The molecule has 7 nitrogen and oxygen atoms in total. The highest BCUT2D eigenvalue weighted by Gasteiger charge is 2.33. The van der Waals surface area contributed by atoms with E-state index in [1.807, 2.05) is 6.92 Å². The zero-order chi connectivity index (χ0) is 20.0. The Hall–Kier alpha value is -2.84. The fourth-order valence-corrected chi connectivity index (χ4v) is 2.57. The minimum absolute atomic E-state index is 0.0246. The number of amides is 2. The van der Waals surface area contributed by atoms with E-state index >= 15 is 0 Å². The van der Waals surface area contributed by atoms with Crippen molar-refractivity contribution in [1.29, 1.82) is 0 Å². The quantitative estimate of drug-likeness (QED) is 0.715. The lowest BCUT2D eigenvalue weighted by Crippen LogP contribution is -2.34. The van der Waals surface area contributed by atoms with Crippen LogP contribution in [0.4, 0.5) is 29.7 Å². The largest absolute Gasteiger partial charge is 0.453 e. The van der Waals surface area contributed by atoms with Crippen molar-refractivity contribution in [3.8, 4) is 0 Å². The number of carbonyl (C=O) groups is 2. The number of allylic oxidation sites excluding steroid dienone is 1. The molecule has 1 aliphatic heterocycles. The van der Waals surface area contributed by atoms with E-state index in [1.165, 1.54) is 7.11 Å². The number of rotatable bonds is 8. The van der Waals surface area contributed by atoms with Crippen LogP contribution in [0.1, 0.15) is 26.2 Å². The van der Waals surface area contributed by atoms with Gasteiger partial charge < -0.3 is 20.1 Å². The first-order valence-corrected chi connectivity index (χ1v) is 8.59. The van der Waals surface area contributed by atoms with Gasteiger partial charge in [-0.1, -0.05) is 19.9 Å². The first-order valence-electron chi connectivity index (χ1n) is 8.59. The van der Waals surface area contributed by atoms with Gasteiger partial charge in [0, 0.05) is 17.8 Å². The minimum Gasteiger partial charge on any atom is -0.453 e. The number of nitrogens with one attached hydrogen (secondary N) is 2. The van der Waals surface area contributed by atoms with Gasteiger partial charge in [0.05, 0.1) is 25.9 Å². The van der Waals surface area contributed by atoms with E-state index in [-0.39, 0.29) is 24.5 Å². The maximum Gasteiger partial charge on any atom is 0.414 e. The Bertz CT molecular complexity index is 704. The van der Waals surface area contributed by atoms with Gasteiger partial charge in [0.25, 0.3) is 0 Å². The van der Waals surface area contributed by atoms with Gasteiger partial charge in [-0.2, -0.15) is 0 Å². The number of alkyl carbamates (subject to hydrolysis) is 1. The van der Waals surface area contributed by atoms with Gasteiger partial charge in [0.1, 0.15) is 11.8 Å². The molecule has 0 aliphatic carbocycles. The molecule has 1 aromatic rings. The van der Waals surface area contributed by atoms with E-state index in [9.17, 15) is 18.4 Å². The highest BCUT2D eigenvalue weighted by molar-refractivity contribution is 5.90. The SMILES string of the molecule is C=C(CCCC)Nc1c(F)cc(N2C[C@H](CNC(=O)OC)OC2=O)cc1F. The van der Waals surface area contributed by atoms with Crippen molar-refractivity contribution in [2.24, 2.45) is 0 Å². The van der Waals surface area contributed by atoms with Crippen LogP contribution in [0, 0.1) is 11.6 Å². The van der Waals surface area contributed by atoms with Crippen molar-refractivity contribution in [3.05, 3.63) is 36.0 Å². The molecule has 0 saturated carbocycles. The van der Waals surface area contributed by atoms with Crippen LogP contribution in [0.2, 0.25) is 0 Å². The molecule has 27 heavy (non-hydrogen) atoms. The second-order valence-corrected chi connectivity index (χ2v) is 6.11. The summed E-state index contributed by atoms with van der Waals surface area (Å²) in [5, 5.41) is 5.05. The Labute approximate surface area is 156 Å². The van der Waals surface area contributed by atoms with Gasteiger partial charge in [-0.15, -0.1) is 0 Å². The summed E-state index contributed by atoms with van der Waals surface area (Å²) >= 11 is 0. The summed E-state index contributed by atoms with van der Waals surface area (Å²) in [6.07, 6.45) is 0.319. The first kappa shape index (κ1) is 20.5. The number of carbonyl (C=O) groups excluding carboxylic acids is 2. The van der Waals surface area contributed by atoms with E-state index in [1.54, 1.807) is 0 Å². The fraction of sp³-hybridized carbons (Fsp3) is 0.444. The van der Waals surface area contributed by atoms with Crippen molar-refractivity contribution >= 4 is 23.6 Å². The van der Waals surface area contributed by atoms with Crippen LogP contribution in [0.15, 0.2) is 24.4 Å². The number of hydrogen-bond donors (Lipinski definition) is 2. The number of benzene rings is 1. The Balaban J connectivity index is 2.07. The Morgan fingerprint density at radius 2 is 2.07 bits per heavy atom. The standard InChI is InChI=1S/C18H23F2N3O4/c1-4-5-6-11(2)22-16-14(19)7-12(8-15(16)20)23-10-13(27-18(23)25)9-21-17(24)26-3/h7-8,13,22H,2,4-6,9-10H2,1,3H3,(H,21,24)/t13-/m0/s1. The molecular weight excluding hydrogens is 360 g/mol. The molecule has 2 N–H and O–H groups in total. The number of cyclic esters (lactones) is 1. The third-order valence-corrected chi connectivity index (χ3v) is 4.01. The van der Waals surface area contributed by atoms with Gasteiger partial charge in [-0.25, -0.2) is 18.4 Å². The van der Waals surface area contributed by atoms with Crippen LogP contribution < -0.4 is 15.5 Å². The smallest absolute Gasteiger partial charge is 0.414 e. The number of ether oxygens (including phenoxy) is 2. The molecule has 0 bridgehead atoms. The summed E-state index contributed by atoms with van der Waals surface area (Å²) < 4.78 is 38.3. The number of nitrogens with zero attached hydrogens (tertiary/aromatic N) is 1. The summed E-state index contributed by atoms with van der Waals surface area (Å²) in [6.45, 7) is 5.83. The Kier molecular flexibility index (Phi) is 6.98. The molecular formula is C18H23F2N3O4. The lowest BCUT2D eigenvalue weighted by molar-refractivity contribution is 0.132. The van der Waals surface area contributed by atoms with E-state index in [4.69, 9.17) is 4.74 Å². The molecule has 1 aliphatic rings. The van der Waals surface area contributed by atoms with Crippen LogP contribution in [-0.2, 0) is 9.47 Å². The van der Waals surface area contributed by atoms with Crippen molar-refractivity contribution in [3.63, 3.8) is 0 Å². The second kappa shape index (κ2) is 9.20. The van der Waals surface area contributed by atoms with Gasteiger partial charge in [-0.05, 0) is 12.8 Å². The maximum atomic E-state index is 14.4. The Morgan fingerprint density at radius 3 is 2.67 bits per heavy atom. The number of methoxy groups -OCH3 is 1. The molecule has 1 heterocycles. The average Bonchev–Trinajstić information content (AvgIpc) is 3.01. The molecule has 148 valence electrons. The van der Waals surface area contributed by atoms with Gasteiger partial charge >= 0.3 is 12.2 Å². The fourth-order valence-electron chi connectivity index (χ4n) is 2.57. The zero-order valence-electron chi connectivity index (χ0n) is 15.3. The Morgan fingerprint density at radius 1 is 1.41 bits per heavy atom. The zero-order valence-corrected chi connectivity index (χ0v) is 15.3. The monoisotopic (exact) mass is 383 g/mol. The summed E-state index contributed by atoms with van der Waals surface area (Å²) in [4.78, 5) is 24.2. The van der Waals surface area contributed by atoms with Crippen molar-refractivity contribution in [1.82, 2.24) is 5.32 Å². The topological polar surface area (TPSA) is 79.9 Å². The van der Waals surface area contributed by atoms with Crippen LogP contribution in [0.5, 0.6) is 0 Å². The normalized spacial score (nSPS) is 16.1. The molecule has 1 aromatic carbocycles. The highest BCUT2D eigenvalue weighted by Crippen LogP contribution is 2.29. The summed E-state index contributed by atoms with van der Waals surface area (Å²) in [6, 6.07) is 2.10. The number of halogens is 2. The first-order chi connectivity index (χ1) is 12.8. The molecule has 0 unspecified atom stereocenters. The van der Waals surface area contributed by atoms with Gasteiger partial charge in [0.15, 0.2) is 11.6 Å². The summed E-state index contributed by atoms with van der Waals surface area (Å²) in [5.74, 6) is -1.68. The molecule has 0 aromatic heterocycles. The third kappa shape index (κ3) is 5.32. The highest BCUT2D eigenvalue weighted by atomic mass is 19.1. The predicted octanol–water partition coefficient (Wildman–Crippen LogP) is 3.76. The summed E-state index contributed by atoms with van der Waals surface area (Å²) in [5.41, 5.74) is 0.230. The van der Waals surface area contributed by atoms with Crippen LogP contribution >= 0.6 is 0 Å². The average molecular weight is 383 g/mol. The van der Waals surface area contributed by atoms with E-state index < -0.39 is 29.9 Å². The van der Waals surface area contributed by atoms with E-state index in [0.717, 1.165) is 29.9 Å². The van der Waals surface area contributed by atoms with Gasteiger partial charge in [0.2, 0.25) is 0 Å². The minimum atomic E-state index is -0.841. The molecule has 0 spiro atoms. The lowest BCUT2D eigenvalue weighted by Gasteiger charge is -2.16. The van der Waals surface area contributed by atoms with E-state index in [0.29, 0.717) is 12.1 Å². The van der Waals surface area contributed by atoms with Crippen molar-refractivity contribution in [2.75, 3.05) is 30.4 Å². The molecule has 2 rings (SSSR count). The molecule has 0 radical (unpaired) electrons. The lowest BCUT2D eigenvalue weighted by atomic mass is 10.2. The molecule has 9 heteroatoms. The van der Waals surface area contributed by atoms with Crippen LogP contribution in [0.25, 0.3) is 0 Å². The number of unbranched alkanes of at least 4 members (excludes halogenated alkanes) is 1. The number of hydrogen-bond acceptors (Lipinski definition) is 5. The molecule has 1 fully saturated rings. The maximum absolute atomic E-state index is 14.4. The second-order valence-electron chi connectivity index (χ2n) is 6.11. The van der Waals surface area contributed by atoms with Crippen molar-refractivity contribution < 1.29 is 27.8 Å². The van der Waals surface area contributed by atoms with E-state index in [2.05, 4.69) is 21.9 Å². The van der Waals surface area contributed by atoms with Crippen LogP contribution in [-0.4, -0.2) is 38.5 Å². The van der Waals surface area contributed by atoms with Crippen LogP contribution in [0.3, 0.4) is 0 Å².